The number of hydrogen-bond donors (Lipinski definition) is 0. The molecule has 1 heterocycles. The minimum absolute atomic E-state index is 0.121. The van der Waals surface area contributed by atoms with Crippen LogP contribution in [0.4, 0.5) is 5.69 Å². The van der Waals surface area contributed by atoms with Crippen LogP contribution in [0.5, 0.6) is 5.75 Å². The van der Waals surface area contributed by atoms with Crippen LogP contribution in [0.25, 0.3) is 0 Å². The van der Waals surface area contributed by atoms with Crippen LogP contribution in [-0.4, -0.2) is 31.2 Å². The molecule has 0 spiro atoms. The molecule has 0 radical (unpaired) electrons. The van der Waals surface area contributed by atoms with Crippen molar-refractivity contribution in [3.05, 3.63) is 59.7 Å². The quantitative estimate of drug-likeness (QED) is 0.454. The van der Waals surface area contributed by atoms with Crippen molar-refractivity contribution in [2.24, 2.45) is 5.16 Å². The average molecular weight is 352 g/mol. The number of likely N-dealkylation sites (N-methyl/N-ethyl adjacent to an activating group) is 1. The van der Waals surface area contributed by atoms with Crippen LogP contribution in [0, 0.1) is 0 Å². The van der Waals surface area contributed by atoms with Crippen LogP contribution in [0.3, 0.4) is 0 Å². The predicted octanol–water partition coefficient (Wildman–Crippen LogP) is 3.40. The van der Waals surface area contributed by atoms with E-state index in [1.54, 1.807) is 43.4 Å². The third-order valence-electron chi connectivity index (χ3n) is 4.10. The van der Waals surface area contributed by atoms with E-state index in [2.05, 4.69) is 12.1 Å². The van der Waals surface area contributed by atoms with E-state index in [-0.39, 0.29) is 11.6 Å². The van der Waals surface area contributed by atoms with E-state index in [1.165, 1.54) is 4.90 Å². The van der Waals surface area contributed by atoms with Crippen LogP contribution in [-0.2, 0) is 9.63 Å². The summed E-state index contributed by atoms with van der Waals surface area (Å²) in [7, 11) is 1.66. The number of nitrogens with zero attached hydrogens (tertiary/aromatic N) is 2. The summed E-state index contributed by atoms with van der Waals surface area (Å²) in [6.07, 6.45) is 2.03. The third-order valence-corrected chi connectivity index (χ3v) is 4.10. The minimum atomic E-state index is -0.627. The fourth-order valence-electron chi connectivity index (χ4n) is 2.60. The molecule has 0 unspecified atom stereocenters. The van der Waals surface area contributed by atoms with Gasteiger partial charge in [-0.25, -0.2) is 4.79 Å². The van der Waals surface area contributed by atoms with Gasteiger partial charge in [0.05, 0.1) is 17.9 Å². The number of anilines is 1. The Labute approximate surface area is 152 Å². The lowest BCUT2D eigenvalue weighted by atomic mass is 10.1. The molecule has 0 aliphatic carbocycles. The fourth-order valence-corrected chi connectivity index (χ4v) is 2.60. The molecule has 0 N–H and O–H groups in total. The lowest BCUT2D eigenvalue weighted by molar-refractivity contribution is -0.112. The smallest absolute Gasteiger partial charge is 0.365 e. The van der Waals surface area contributed by atoms with E-state index in [1.807, 2.05) is 12.1 Å². The molecule has 2 aromatic carbocycles. The van der Waals surface area contributed by atoms with Crippen LogP contribution in [0.15, 0.2) is 53.7 Å². The first-order valence-corrected chi connectivity index (χ1v) is 8.51. The van der Waals surface area contributed by atoms with Gasteiger partial charge in [-0.3, -0.25) is 4.79 Å². The highest BCUT2D eigenvalue weighted by atomic mass is 16.7. The summed E-state index contributed by atoms with van der Waals surface area (Å²) < 4.78 is 5.56. The van der Waals surface area contributed by atoms with E-state index >= 15 is 0 Å². The molecule has 0 fully saturated rings. The maximum Gasteiger partial charge on any atom is 0.365 e. The van der Waals surface area contributed by atoms with Crippen molar-refractivity contribution in [3.8, 4) is 5.75 Å². The van der Waals surface area contributed by atoms with E-state index < -0.39 is 5.97 Å². The van der Waals surface area contributed by atoms with Crippen molar-refractivity contribution in [2.75, 3.05) is 18.6 Å². The lowest BCUT2D eigenvalue weighted by Gasteiger charge is -2.07. The number of ether oxygens (including phenoxy) is 1. The summed E-state index contributed by atoms with van der Waals surface area (Å²) in [5.41, 5.74) is 1.84. The second kappa shape index (κ2) is 7.82. The molecule has 0 bridgehead atoms. The number of rotatable bonds is 6. The van der Waals surface area contributed by atoms with Crippen molar-refractivity contribution in [2.45, 2.75) is 19.8 Å². The Balaban J connectivity index is 1.69. The molecule has 3 rings (SSSR count). The van der Waals surface area contributed by atoms with E-state index in [0.29, 0.717) is 23.5 Å². The average Bonchev–Trinajstić information content (AvgIpc) is 2.91. The van der Waals surface area contributed by atoms with Gasteiger partial charge in [0.1, 0.15) is 5.75 Å². The van der Waals surface area contributed by atoms with Crippen molar-refractivity contribution in [1.29, 1.82) is 0 Å². The van der Waals surface area contributed by atoms with Gasteiger partial charge in [0.2, 0.25) is 0 Å². The minimum Gasteiger partial charge on any atom is -0.494 e. The Hall–Kier alpha value is -3.15. The molecule has 6 nitrogen and oxygen atoms in total. The Morgan fingerprint density at radius 2 is 1.85 bits per heavy atom. The first-order chi connectivity index (χ1) is 12.6. The van der Waals surface area contributed by atoms with E-state index in [9.17, 15) is 9.59 Å². The molecule has 1 aliphatic heterocycles. The van der Waals surface area contributed by atoms with Gasteiger partial charge < -0.3 is 14.5 Å². The molecule has 0 saturated heterocycles. The molecule has 0 atom stereocenters. The number of amides is 1. The number of unbranched alkanes of at least 4 members (excludes halogenated alkanes) is 1. The lowest BCUT2D eigenvalue weighted by Crippen LogP contribution is -2.25. The summed E-state index contributed by atoms with van der Waals surface area (Å²) in [6.45, 7) is 2.73. The van der Waals surface area contributed by atoms with Gasteiger partial charge in [-0.05, 0) is 36.8 Å². The molecular formula is C20H20N2O4. The molecule has 1 aliphatic rings. The molecule has 1 amide bonds. The van der Waals surface area contributed by atoms with Crippen LogP contribution in [0.1, 0.15) is 35.7 Å². The molecule has 0 aromatic heterocycles. The van der Waals surface area contributed by atoms with Gasteiger partial charge in [-0.1, -0.05) is 36.7 Å². The third kappa shape index (κ3) is 3.59. The molecule has 0 saturated carbocycles. The second-order valence-corrected chi connectivity index (χ2v) is 5.93. The van der Waals surface area contributed by atoms with Gasteiger partial charge in [0.25, 0.3) is 5.91 Å². The number of benzene rings is 2. The van der Waals surface area contributed by atoms with E-state index in [4.69, 9.17) is 9.57 Å². The first-order valence-electron chi connectivity index (χ1n) is 8.51. The monoisotopic (exact) mass is 352 g/mol. The summed E-state index contributed by atoms with van der Waals surface area (Å²) in [5, 5.41) is 3.80. The van der Waals surface area contributed by atoms with Gasteiger partial charge in [-0.15, -0.1) is 0 Å². The maximum atomic E-state index is 12.3. The van der Waals surface area contributed by atoms with Crippen LogP contribution < -0.4 is 9.64 Å². The Morgan fingerprint density at radius 3 is 2.58 bits per heavy atom. The SMILES string of the molecule is CCCCOc1ccc(C(=O)ON=C2C(=O)N(C)c3ccccc32)cc1. The van der Waals surface area contributed by atoms with Crippen molar-refractivity contribution < 1.29 is 19.2 Å². The zero-order valence-corrected chi connectivity index (χ0v) is 14.8. The fraction of sp³-hybridized carbons (Fsp3) is 0.250. The Kier molecular flexibility index (Phi) is 5.31. The van der Waals surface area contributed by atoms with Gasteiger partial charge in [0, 0.05) is 12.6 Å². The Bertz CT molecular complexity index is 843. The largest absolute Gasteiger partial charge is 0.494 e. The molecule has 26 heavy (non-hydrogen) atoms. The first kappa shape index (κ1) is 17.7. The van der Waals surface area contributed by atoms with Crippen molar-refractivity contribution in [3.63, 3.8) is 0 Å². The summed E-state index contributed by atoms with van der Waals surface area (Å²) in [5.74, 6) is -0.237. The number of fused-ring (bicyclic) bond motifs is 1. The molecule has 6 heteroatoms. The standard InChI is InChI=1S/C20H20N2O4/c1-3-4-13-25-15-11-9-14(10-12-15)20(24)26-21-18-16-7-5-6-8-17(16)22(2)19(18)23/h5-12H,3-4,13H2,1-2H3. The van der Waals surface area contributed by atoms with Crippen LogP contribution >= 0.6 is 0 Å². The number of carbonyl (C=O) groups excluding carboxylic acids is 2. The van der Waals surface area contributed by atoms with Crippen LogP contribution in [0.2, 0.25) is 0 Å². The van der Waals surface area contributed by atoms with E-state index in [0.717, 1.165) is 18.5 Å². The molecular weight excluding hydrogens is 332 g/mol. The van der Waals surface area contributed by atoms with Gasteiger partial charge in [-0.2, -0.15) is 0 Å². The number of para-hydroxylation sites is 1. The zero-order chi connectivity index (χ0) is 18.5. The zero-order valence-electron chi connectivity index (χ0n) is 14.8. The maximum absolute atomic E-state index is 12.3. The second-order valence-electron chi connectivity index (χ2n) is 5.93. The van der Waals surface area contributed by atoms with Crippen molar-refractivity contribution in [1.82, 2.24) is 0 Å². The summed E-state index contributed by atoms with van der Waals surface area (Å²) >= 11 is 0. The summed E-state index contributed by atoms with van der Waals surface area (Å²) in [6, 6.07) is 13.9. The number of carbonyl (C=O) groups is 2. The predicted molar refractivity (Wildman–Crippen MR) is 98.6 cm³/mol. The Morgan fingerprint density at radius 1 is 1.12 bits per heavy atom. The molecule has 134 valence electrons. The highest BCUT2D eigenvalue weighted by Gasteiger charge is 2.32. The molecule has 2 aromatic rings. The highest BCUT2D eigenvalue weighted by Crippen LogP contribution is 2.27. The van der Waals surface area contributed by atoms with Gasteiger partial charge >= 0.3 is 5.97 Å². The number of hydrogen-bond acceptors (Lipinski definition) is 5. The highest BCUT2D eigenvalue weighted by molar-refractivity contribution is 6.54. The van der Waals surface area contributed by atoms with Gasteiger partial charge in [0.15, 0.2) is 5.71 Å². The topological polar surface area (TPSA) is 68.2 Å². The number of oxime groups is 1. The normalized spacial score (nSPS) is 14.5. The van der Waals surface area contributed by atoms with Crippen molar-refractivity contribution >= 4 is 23.3 Å². The summed E-state index contributed by atoms with van der Waals surface area (Å²) in [4.78, 5) is 30.9.